The van der Waals surface area contributed by atoms with Crippen LogP contribution in [0.2, 0.25) is 0 Å². The first-order chi connectivity index (χ1) is 12.8. The predicted octanol–water partition coefficient (Wildman–Crippen LogP) is 2.78. The van der Waals surface area contributed by atoms with Gasteiger partial charge in [-0.2, -0.15) is 0 Å². The lowest BCUT2D eigenvalue weighted by molar-refractivity contribution is 0.413. The molecule has 0 radical (unpaired) electrons. The molecule has 4 rings (SSSR count). The molecule has 2 N–H and O–H groups in total. The number of anilines is 1. The second-order valence-electron chi connectivity index (χ2n) is 6.56. The molecule has 1 saturated heterocycles. The number of nitrogens with zero attached hydrogens (tertiary/aromatic N) is 5. The van der Waals surface area contributed by atoms with E-state index in [4.69, 9.17) is 15.7 Å². The van der Waals surface area contributed by atoms with Crippen molar-refractivity contribution in [2.75, 3.05) is 24.5 Å². The van der Waals surface area contributed by atoms with Gasteiger partial charge in [0, 0.05) is 43.3 Å². The molecule has 4 heterocycles. The lowest BCUT2D eigenvalue weighted by Crippen LogP contribution is -2.36. The van der Waals surface area contributed by atoms with Crippen LogP contribution in [0.5, 0.6) is 0 Å². The van der Waals surface area contributed by atoms with Gasteiger partial charge < -0.3 is 10.6 Å². The number of piperidine rings is 1. The van der Waals surface area contributed by atoms with Crippen molar-refractivity contribution in [3.8, 4) is 22.8 Å². The van der Waals surface area contributed by atoms with Crippen LogP contribution in [0, 0.1) is 5.92 Å². The second-order valence-corrected chi connectivity index (χ2v) is 6.56. The Morgan fingerprint density at radius 1 is 1.00 bits per heavy atom. The van der Waals surface area contributed by atoms with Crippen molar-refractivity contribution in [2.24, 2.45) is 11.7 Å². The van der Waals surface area contributed by atoms with E-state index in [0.29, 0.717) is 11.7 Å². The van der Waals surface area contributed by atoms with Crippen molar-refractivity contribution in [3.63, 3.8) is 0 Å². The summed E-state index contributed by atoms with van der Waals surface area (Å²) in [5.74, 6) is 2.23. The van der Waals surface area contributed by atoms with Crippen molar-refractivity contribution in [1.29, 1.82) is 0 Å². The highest BCUT2D eigenvalue weighted by Crippen LogP contribution is 2.27. The molecular weight excluding hydrogens is 324 g/mol. The zero-order chi connectivity index (χ0) is 17.8. The molecule has 26 heavy (non-hydrogen) atoms. The van der Waals surface area contributed by atoms with Gasteiger partial charge in [-0.1, -0.05) is 6.07 Å². The summed E-state index contributed by atoms with van der Waals surface area (Å²) < 4.78 is 0. The molecule has 0 bridgehead atoms. The Morgan fingerprint density at radius 2 is 1.88 bits per heavy atom. The van der Waals surface area contributed by atoms with Gasteiger partial charge in [0.1, 0.15) is 5.82 Å². The van der Waals surface area contributed by atoms with E-state index in [0.717, 1.165) is 55.2 Å². The molecule has 0 saturated carbocycles. The zero-order valence-electron chi connectivity index (χ0n) is 14.6. The van der Waals surface area contributed by atoms with Gasteiger partial charge in [-0.15, -0.1) is 0 Å². The normalized spacial score (nSPS) is 15.2. The molecule has 0 spiro atoms. The van der Waals surface area contributed by atoms with Gasteiger partial charge in [0.2, 0.25) is 0 Å². The number of rotatable bonds is 4. The minimum Gasteiger partial charge on any atom is -0.356 e. The summed E-state index contributed by atoms with van der Waals surface area (Å²) in [7, 11) is 0. The molecule has 0 unspecified atom stereocenters. The van der Waals surface area contributed by atoms with Crippen LogP contribution >= 0.6 is 0 Å². The Morgan fingerprint density at radius 3 is 2.58 bits per heavy atom. The molecule has 3 aromatic heterocycles. The van der Waals surface area contributed by atoms with Crippen molar-refractivity contribution in [2.45, 2.75) is 12.8 Å². The molecule has 1 aliphatic heterocycles. The zero-order valence-corrected chi connectivity index (χ0v) is 14.6. The van der Waals surface area contributed by atoms with E-state index in [1.165, 1.54) is 0 Å². The second kappa shape index (κ2) is 7.58. The van der Waals surface area contributed by atoms with Crippen LogP contribution in [-0.4, -0.2) is 39.6 Å². The van der Waals surface area contributed by atoms with E-state index in [1.807, 2.05) is 36.4 Å². The van der Waals surface area contributed by atoms with Crippen LogP contribution in [0.15, 0.2) is 55.0 Å². The Balaban J connectivity index is 1.74. The molecule has 3 aromatic rings. The molecule has 6 nitrogen and oxygen atoms in total. The van der Waals surface area contributed by atoms with E-state index in [1.54, 1.807) is 18.6 Å². The Kier molecular flexibility index (Phi) is 4.84. The number of aromatic nitrogens is 4. The summed E-state index contributed by atoms with van der Waals surface area (Å²) in [4.78, 5) is 20.5. The SMILES string of the molecule is NCC1CCN(c2cc(-c3ccccn3)nc(-c3cccnc3)n2)CC1. The molecule has 0 aliphatic carbocycles. The third kappa shape index (κ3) is 3.55. The van der Waals surface area contributed by atoms with Crippen LogP contribution in [0.3, 0.4) is 0 Å². The molecule has 0 amide bonds. The first-order valence-corrected chi connectivity index (χ1v) is 8.99. The minimum absolute atomic E-state index is 0.612. The number of hydrogen-bond acceptors (Lipinski definition) is 6. The van der Waals surface area contributed by atoms with Crippen LogP contribution in [0.1, 0.15) is 12.8 Å². The van der Waals surface area contributed by atoms with Crippen LogP contribution in [-0.2, 0) is 0 Å². The van der Waals surface area contributed by atoms with E-state index in [2.05, 4.69) is 14.9 Å². The maximum absolute atomic E-state index is 5.83. The molecule has 1 aliphatic rings. The fourth-order valence-electron chi connectivity index (χ4n) is 3.26. The van der Waals surface area contributed by atoms with E-state index in [-0.39, 0.29) is 0 Å². The molecular formula is C20H22N6. The van der Waals surface area contributed by atoms with Crippen molar-refractivity contribution >= 4 is 5.82 Å². The number of pyridine rings is 2. The molecule has 132 valence electrons. The van der Waals surface area contributed by atoms with Gasteiger partial charge in [0.05, 0.1) is 11.4 Å². The van der Waals surface area contributed by atoms with Gasteiger partial charge in [-0.05, 0) is 49.6 Å². The third-order valence-electron chi connectivity index (χ3n) is 4.83. The molecule has 6 heteroatoms. The van der Waals surface area contributed by atoms with Gasteiger partial charge in [0.25, 0.3) is 0 Å². The van der Waals surface area contributed by atoms with Crippen molar-refractivity contribution in [3.05, 3.63) is 55.0 Å². The smallest absolute Gasteiger partial charge is 0.163 e. The van der Waals surface area contributed by atoms with Crippen LogP contribution in [0.4, 0.5) is 5.82 Å². The van der Waals surface area contributed by atoms with Gasteiger partial charge in [0.15, 0.2) is 5.82 Å². The average Bonchev–Trinajstić information content (AvgIpc) is 2.75. The fourth-order valence-corrected chi connectivity index (χ4v) is 3.26. The number of hydrogen-bond donors (Lipinski definition) is 1. The first-order valence-electron chi connectivity index (χ1n) is 8.99. The number of nitrogens with two attached hydrogens (primary N) is 1. The lowest BCUT2D eigenvalue weighted by Gasteiger charge is -2.32. The summed E-state index contributed by atoms with van der Waals surface area (Å²) in [6, 6.07) is 11.8. The van der Waals surface area contributed by atoms with Crippen molar-refractivity contribution < 1.29 is 0 Å². The highest BCUT2D eigenvalue weighted by molar-refractivity contribution is 5.65. The first kappa shape index (κ1) is 16.6. The maximum Gasteiger partial charge on any atom is 0.163 e. The summed E-state index contributed by atoms with van der Waals surface area (Å²) in [6.45, 7) is 2.69. The minimum atomic E-state index is 0.612. The Hall–Kier alpha value is -2.86. The topological polar surface area (TPSA) is 80.8 Å². The van der Waals surface area contributed by atoms with Crippen LogP contribution < -0.4 is 10.6 Å². The van der Waals surface area contributed by atoms with Crippen molar-refractivity contribution in [1.82, 2.24) is 19.9 Å². The summed E-state index contributed by atoms with van der Waals surface area (Å²) in [5.41, 5.74) is 8.41. The monoisotopic (exact) mass is 346 g/mol. The molecule has 1 fully saturated rings. The quantitative estimate of drug-likeness (QED) is 0.782. The standard InChI is InChI=1S/C20H22N6/c21-13-15-6-10-26(11-7-15)19-12-18(17-5-1-2-9-23-17)24-20(25-19)16-4-3-8-22-14-16/h1-5,8-9,12,14-15H,6-7,10-11,13,21H2. The van der Waals surface area contributed by atoms with Crippen LogP contribution in [0.25, 0.3) is 22.8 Å². The largest absolute Gasteiger partial charge is 0.356 e. The van der Waals surface area contributed by atoms with E-state index < -0.39 is 0 Å². The predicted molar refractivity (Wildman–Crippen MR) is 102 cm³/mol. The summed E-state index contributed by atoms with van der Waals surface area (Å²) in [5, 5.41) is 0. The Labute approximate surface area is 153 Å². The van der Waals surface area contributed by atoms with E-state index >= 15 is 0 Å². The highest BCUT2D eigenvalue weighted by Gasteiger charge is 2.21. The third-order valence-corrected chi connectivity index (χ3v) is 4.83. The molecule has 0 atom stereocenters. The summed E-state index contributed by atoms with van der Waals surface area (Å²) >= 11 is 0. The highest BCUT2D eigenvalue weighted by atomic mass is 15.2. The average molecular weight is 346 g/mol. The maximum atomic E-state index is 5.83. The van der Waals surface area contributed by atoms with E-state index in [9.17, 15) is 0 Å². The molecule has 0 aromatic carbocycles. The fraction of sp³-hybridized carbons (Fsp3) is 0.300. The van der Waals surface area contributed by atoms with Gasteiger partial charge in [-0.3, -0.25) is 9.97 Å². The summed E-state index contributed by atoms with van der Waals surface area (Å²) in [6.07, 6.45) is 7.53. The van der Waals surface area contributed by atoms with Gasteiger partial charge in [-0.25, -0.2) is 9.97 Å². The Bertz CT molecular complexity index is 787. The lowest BCUT2D eigenvalue weighted by atomic mass is 9.97. The van der Waals surface area contributed by atoms with Gasteiger partial charge >= 0.3 is 0 Å².